The quantitative estimate of drug-likeness (QED) is 0.878. The highest BCUT2D eigenvalue weighted by Gasteiger charge is 2.05. The molecule has 0 unspecified atom stereocenters. The van der Waals surface area contributed by atoms with E-state index >= 15 is 0 Å². The molecule has 1 heterocycles. The Hall–Kier alpha value is -2.14. The zero-order valence-electron chi connectivity index (χ0n) is 11.7. The highest BCUT2D eigenvalue weighted by molar-refractivity contribution is 5.57. The van der Waals surface area contributed by atoms with E-state index in [0.29, 0.717) is 24.7 Å². The van der Waals surface area contributed by atoms with Crippen molar-refractivity contribution < 1.29 is 9.47 Å². The van der Waals surface area contributed by atoms with Gasteiger partial charge in [-0.25, -0.2) is 4.98 Å². The number of aromatic nitrogens is 2. The third kappa shape index (κ3) is 3.68. The number of nitrogens with zero attached hydrogens (tertiary/aromatic N) is 1. The summed E-state index contributed by atoms with van der Waals surface area (Å²) in [4.78, 5) is 18.7. The fraction of sp³-hybridized carbons (Fsp3) is 0.333. The first-order valence-electron chi connectivity index (χ1n) is 6.55. The van der Waals surface area contributed by atoms with E-state index in [-0.39, 0.29) is 5.56 Å². The molecule has 2 aromatic rings. The van der Waals surface area contributed by atoms with E-state index in [1.54, 1.807) is 7.11 Å². The number of hydrogen-bond acceptors (Lipinski definition) is 4. The maximum atomic E-state index is 11.6. The molecule has 0 radical (unpaired) electrons. The average Bonchev–Trinajstić information content (AvgIpc) is 2.45. The molecule has 1 aromatic carbocycles. The third-order valence-electron chi connectivity index (χ3n) is 2.67. The first-order valence-corrected chi connectivity index (χ1v) is 6.55. The summed E-state index contributed by atoms with van der Waals surface area (Å²) >= 11 is 0. The van der Waals surface area contributed by atoms with Crippen molar-refractivity contribution in [2.75, 3.05) is 13.7 Å². The minimum absolute atomic E-state index is 0.193. The van der Waals surface area contributed by atoms with Gasteiger partial charge in [-0.2, -0.15) is 0 Å². The number of aromatic amines is 1. The maximum absolute atomic E-state index is 11.6. The van der Waals surface area contributed by atoms with Gasteiger partial charge in [-0.05, 0) is 18.6 Å². The number of benzene rings is 1. The molecule has 5 heteroatoms. The van der Waals surface area contributed by atoms with E-state index in [0.717, 1.165) is 17.7 Å². The molecular formula is C15H18N2O3. The molecule has 1 aromatic heterocycles. The Morgan fingerprint density at radius 2 is 2.15 bits per heavy atom. The largest absolute Gasteiger partial charge is 0.494 e. The summed E-state index contributed by atoms with van der Waals surface area (Å²) in [6, 6.07) is 8.95. The molecule has 0 spiro atoms. The van der Waals surface area contributed by atoms with Gasteiger partial charge in [0.25, 0.3) is 5.56 Å². The lowest BCUT2D eigenvalue weighted by Crippen LogP contribution is -2.10. The first-order chi connectivity index (χ1) is 9.72. The molecule has 0 bridgehead atoms. The van der Waals surface area contributed by atoms with Gasteiger partial charge in [0.1, 0.15) is 11.6 Å². The Morgan fingerprint density at radius 1 is 1.30 bits per heavy atom. The van der Waals surface area contributed by atoms with Gasteiger partial charge in [-0.3, -0.25) is 4.79 Å². The lowest BCUT2D eigenvalue weighted by Gasteiger charge is -2.07. The van der Waals surface area contributed by atoms with Crippen molar-refractivity contribution in [3.05, 3.63) is 46.4 Å². The second-order valence-corrected chi connectivity index (χ2v) is 4.39. The molecule has 5 nitrogen and oxygen atoms in total. The van der Waals surface area contributed by atoms with Crippen molar-refractivity contribution in [2.45, 2.75) is 20.0 Å². The average molecular weight is 274 g/mol. The standard InChI is InChI=1S/C15H18N2O3/c1-3-7-20-13-6-4-5-11(8-13)15-16-12(10-19-2)9-14(18)17-15/h4-6,8-9H,3,7,10H2,1-2H3,(H,16,17,18). The lowest BCUT2D eigenvalue weighted by atomic mass is 10.2. The van der Waals surface area contributed by atoms with E-state index in [1.807, 2.05) is 24.3 Å². The van der Waals surface area contributed by atoms with Crippen molar-refractivity contribution in [1.82, 2.24) is 9.97 Å². The second kappa shape index (κ2) is 6.86. The minimum atomic E-state index is -0.193. The van der Waals surface area contributed by atoms with Gasteiger partial charge in [0, 0.05) is 18.7 Å². The van der Waals surface area contributed by atoms with Gasteiger partial charge in [-0.15, -0.1) is 0 Å². The van der Waals surface area contributed by atoms with Crippen LogP contribution in [0.25, 0.3) is 11.4 Å². The number of hydrogen-bond donors (Lipinski definition) is 1. The van der Waals surface area contributed by atoms with Crippen molar-refractivity contribution in [3.8, 4) is 17.1 Å². The van der Waals surface area contributed by atoms with Crippen LogP contribution in [0, 0.1) is 0 Å². The Kier molecular flexibility index (Phi) is 4.90. The van der Waals surface area contributed by atoms with Crippen LogP contribution < -0.4 is 10.3 Å². The van der Waals surface area contributed by atoms with Gasteiger partial charge in [-0.1, -0.05) is 19.1 Å². The molecule has 0 saturated heterocycles. The van der Waals surface area contributed by atoms with Crippen molar-refractivity contribution in [2.24, 2.45) is 0 Å². The molecular weight excluding hydrogens is 256 g/mol. The summed E-state index contributed by atoms with van der Waals surface area (Å²) in [5, 5.41) is 0. The zero-order chi connectivity index (χ0) is 14.4. The smallest absolute Gasteiger partial charge is 0.251 e. The normalized spacial score (nSPS) is 10.5. The van der Waals surface area contributed by atoms with E-state index in [4.69, 9.17) is 9.47 Å². The predicted molar refractivity (Wildman–Crippen MR) is 76.8 cm³/mol. The molecule has 0 aliphatic rings. The maximum Gasteiger partial charge on any atom is 0.251 e. The molecule has 0 fully saturated rings. The molecule has 0 aliphatic carbocycles. The highest BCUT2D eigenvalue weighted by Crippen LogP contribution is 2.20. The van der Waals surface area contributed by atoms with Gasteiger partial charge >= 0.3 is 0 Å². The van der Waals surface area contributed by atoms with Crippen molar-refractivity contribution >= 4 is 0 Å². The van der Waals surface area contributed by atoms with Crippen LogP contribution in [0.2, 0.25) is 0 Å². The van der Waals surface area contributed by atoms with Crippen LogP contribution in [-0.4, -0.2) is 23.7 Å². The van der Waals surface area contributed by atoms with E-state index in [1.165, 1.54) is 6.07 Å². The van der Waals surface area contributed by atoms with Gasteiger partial charge in [0.2, 0.25) is 0 Å². The Bertz CT molecular complexity index is 623. The second-order valence-electron chi connectivity index (χ2n) is 4.39. The molecule has 0 aliphatic heterocycles. The number of H-pyrrole nitrogens is 1. The van der Waals surface area contributed by atoms with E-state index < -0.39 is 0 Å². The summed E-state index contributed by atoms with van der Waals surface area (Å²) in [7, 11) is 1.57. The van der Waals surface area contributed by atoms with Crippen LogP contribution in [0.15, 0.2) is 35.1 Å². The molecule has 20 heavy (non-hydrogen) atoms. The number of ether oxygens (including phenoxy) is 2. The number of nitrogens with one attached hydrogen (secondary N) is 1. The summed E-state index contributed by atoms with van der Waals surface area (Å²) in [5.41, 5.74) is 1.22. The molecule has 1 N–H and O–H groups in total. The SMILES string of the molecule is CCCOc1cccc(-c2nc(COC)cc(=O)[nH]2)c1. The van der Waals surface area contributed by atoms with Crippen LogP contribution in [-0.2, 0) is 11.3 Å². The number of methoxy groups -OCH3 is 1. The third-order valence-corrected chi connectivity index (χ3v) is 2.67. The summed E-state index contributed by atoms with van der Waals surface area (Å²) in [6.45, 7) is 3.02. The number of rotatable bonds is 6. The Labute approximate surface area is 117 Å². The van der Waals surface area contributed by atoms with Crippen LogP contribution in [0.3, 0.4) is 0 Å². The van der Waals surface area contributed by atoms with Gasteiger partial charge in [0.15, 0.2) is 0 Å². The lowest BCUT2D eigenvalue weighted by molar-refractivity contribution is 0.181. The molecule has 2 rings (SSSR count). The van der Waals surface area contributed by atoms with Gasteiger partial charge < -0.3 is 14.5 Å². The summed E-state index contributed by atoms with van der Waals surface area (Å²) in [5.74, 6) is 1.29. The minimum Gasteiger partial charge on any atom is -0.494 e. The van der Waals surface area contributed by atoms with Crippen molar-refractivity contribution in [3.63, 3.8) is 0 Å². The first kappa shape index (κ1) is 14.3. The molecule has 0 atom stereocenters. The highest BCUT2D eigenvalue weighted by atomic mass is 16.5. The summed E-state index contributed by atoms with van der Waals surface area (Å²) in [6.07, 6.45) is 0.947. The van der Waals surface area contributed by atoms with Crippen molar-refractivity contribution in [1.29, 1.82) is 0 Å². The fourth-order valence-electron chi connectivity index (χ4n) is 1.82. The zero-order valence-corrected chi connectivity index (χ0v) is 11.7. The fourth-order valence-corrected chi connectivity index (χ4v) is 1.82. The Morgan fingerprint density at radius 3 is 2.90 bits per heavy atom. The van der Waals surface area contributed by atoms with E-state index in [2.05, 4.69) is 16.9 Å². The topological polar surface area (TPSA) is 64.2 Å². The molecule has 106 valence electrons. The molecule has 0 saturated carbocycles. The van der Waals surface area contributed by atoms with Gasteiger partial charge in [0.05, 0.1) is 18.9 Å². The van der Waals surface area contributed by atoms with Crippen LogP contribution >= 0.6 is 0 Å². The molecule has 0 amide bonds. The van der Waals surface area contributed by atoms with E-state index in [9.17, 15) is 4.79 Å². The predicted octanol–water partition coefficient (Wildman–Crippen LogP) is 2.37. The summed E-state index contributed by atoms with van der Waals surface area (Å²) < 4.78 is 10.6. The van der Waals surface area contributed by atoms with Crippen LogP contribution in [0.5, 0.6) is 5.75 Å². The van der Waals surface area contributed by atoms with Crippen LogP contribution in [0.1, 0.15) is 19.0 Å². The van der Waals surface area contributed by atoms with Crippen LogP contribution in [0.4, 0.5) is 0 Å². The monoisotopic (exact) mass is 274 g/mol. The Balaban J connectivity index is 2.33.